The van der Waals surface area contributed by atoms with Crippen molar-refractivity contribution in [3.05, 3.63) is 10.1 Å². The van der Waals surface area contributed by atoms with Crippen LogP contribution in [0.1, 0.15) is 6.42 Å². The van der Waals surface area contributed by atoms with Gasteiger partial charge in [-0.1, -0.05) is 8.93 Å². The third-order valence-corrected chi connectivity index (χ3v) is 2.93. The minimum Gasteiger partial charge on any atom is -0.396 e. The molecule has 0 rings (SSSR count). The predicted octanol–water partition coefficient (Wildman–Crippen LogP) is 0.837. The first-order valence-electron chi connectivity index (χ1n) is 4.31. The van der Waals surface area contributed by atoms with Crippen LogP contribution >= 0.6 is 26.9 Å². The van der Waals surface area contributed by atoms with Gasteiger partial charge in [-0.2, -0.15) is 0 Å². The van der Waals surface area contributed by atoms with Crippen molar-refractivity contribution < 1.29 is 19.1 Å². The first kappa shape index (κ1) is 15.6. The highest BCUT2D eigenvalue weighted by Gasteiger charge is 2.26. The summed E-state index contributed by atoms with van der Waals surface area (Å²) in [5.41, 5.74) is 0. The van der Waals surface area contributed by atoms with Gasteiger partial charge in [0.1, 0.15) is 0 Å². The molecule has 0 saturated heterocycles. The summed E-state index contributed by atoms with van der Waals surface area (Å²) >= 11 is 0. The lowest BCUT2D eigenvalue weighted by Gasteiger charge is -2.22. The van der Waals surface area contributed by atoms with Crippen LogP contribution in [0.5, 0.6) is 0 Å². The molecule has 0 heterocycles. The van der Waals surface area contributed by atoms with Crippen LogP contribution in [0.2, 0.25) is 0 Å². The smallest absolute Gasteiger partial charge is 0.209 e. The zero-order valence-corrected chi connectivity index (χ0v) is 11.5. The van der Waals surface area contributed by atoms with Crippen molar-refractivity contribution in [1.29, 1.82) is 0 Å². The minimum absolute atomic E-state index is 0.0881. The van der Waals surface area contributed by atoms with Gasteiger partial charge in [-0.05, 0) is 6.42 Å². The van der Waals surface area contributed by atoms with Gasteiger partial charge in [0.2, 0.25) is 6.54 Å². The summed E-state index contributed by atoms with van der Waals surface area (Å²) in [6, 6.07) is 0. The van der Waals surface area contributed by atoms with Gasteiger partial charge in [0.05, 0.1) is 18.6 Å². The molecule has 5 unspecified atom stereocenters. The fraction of sp³-hybridized carbons (Fsp3) is 1.00. The van der Waals surface area contributed by atoms with Crippen LogP contribution in [0.15, 0.2) is 0 Å². The Morgan fingerprint density at radius 3 is 2.67 bits per heavy atom. The summed E-state index contributed by atoms with van der Waals surface area (Å²) in [4.78, 5) is 10.0. The molecule has 0 aromatic heterocycles. The van der Waals surface area contributed by atoms with Crippen molar-refractivity contribution >= 4 is 26.9 Å². The first-order chi connectivity index (χ1) is 7.15. The third-order valence-electron chi connectivity index (χ3n) is 1.89. The van der Waals surface area contributed by atoms with Gasteiger partial charge in [0.25, 0.3) is 0 Å². The average molecular weight is 275 g/mol. The van der Waals surface area contributed by atoms with E-state index in [9.17, 15) is 10.1 Å². The zero-order chi connectivity index (χ0) is 11.7. The Morgan fingerprint density at radius 1 is 1.60 bits per heavy atom. The van der Waals surface area contributed by atoms with E-state index in [0.717, 1.165) is 0 Å². The van der Waals surface area contributed by atoms with E-state index in [1.54, 1.807) is 0 Å². The van der Waals surface area contributed by atoms with Crippen molar-refractivity contribution in [2.45, 2.75) is 12.5 Å². The number of hydrogen-bond donors (Lipinski definition) is 1. The van der Waals surface area contributed by atoms with Crippen LogP contribution in [0.4, 0.5) is 0 Å². The summed E-state index contributed by atoms with van der Waals surface area (Å²) in [5.74, 6) is -0.321. The summed E-state index contributed by atoms with van der Waals surface area (Å²) < 4.78 is 10.2. The number of aliphatic hydroxyl groups excluding tert-OH is 1. The molecular weight excluding hydrogens is 259 g/mol. The highest BCUT2D eigenvalue weighted by atomic mass is 32.0. The third kappa shape index (κ3) is 7.46. The second kappa shape index (κ2) is 9.77. The summed E-state index contributed by atoms with van der Waals surface area (Å²) in [7, 11) is 4.66. The summed E-state index contributed by atoms with van der Waals surface area (Å²) in [6.45, 7) is -0.0336. The molecule has 0 aromatic carbocycles. The van der Waals surface area contributed by atoms with Crippen molar-refractivity contribution in [2.24, 2.45) is 5.92 Å². The fourth-order valence-electron chi connectivity index (χ4n) is 1.20. The monoisotopic (exact) mass is 275 g/mol. The second-order valence-corrected chi connectivity index (χ2v) is 4.41. The molecule has 0 fully saturated rings. The van der Waals surface area contributed by atoms with Crippen molar-refractivity contribution in [3.8, 4) is 0 Å². The molecule has 0 amide bonds. The fourth-order valence-corrected chi connectivity index (χ4v) is 2.35. The zero-order valence-electron chi connectivity index (χ0n) is 8.17. The number of nitrogens with zero attached hydrogens (tertiary/aromatic N) is 1. The Morgan fingerprint density at radius 2 is 2.27 bits per heavy atom. The molecule has 6 nitrogen and oxygen atoms in total. The van der Waals surface area contributed by atoms with E-state index in [-0.39, 0.29) is 40.3 Å². The Labute approximate surface area is 94.9 Å². The normalized spacial score (nSPS) is 15.7. The molecule has 0 aliphatic heterocycles. The quantitative estimate of drug-likeness (QED) is 0.383. The van der Waals surface area contributed by atoms with Gasteiger partial charge < -0.3 is 14.2 Å². The first-order valence-corrected chi connectivity index (χ1v) is 7.50. The maximum atomic E-state index is 10.4. The molecular formula is C6H16NO5P3. The van der Waals surface area contributed by atoms with Crippen molar-refractivity contribution in [2.75, 3.05) is 19.8 Å². The summed E-state index contributed by atoms with van der Waals surface area (Å²) in [6.07, 6.45) is -0.00895. The Kier molecular flexibility index (Phi) is 10.1. The summed E-state index contributed by atoms with van der Waals surface area (Å²) in [5, 5.41) is 19.2. The number of hydrogen-bond acceptors (Lipinski definition) is 5. The lowest BCUT2D eigenvalue weighted by Crippen LogP contribution is -2.32. The molecule has 90 valence electrons. The lowest BCUT2D eigenvalue weighted by molar-refractivity contribution is -0.490. The SMILES string of the molecule is O=[N+]([O-])CC(CCO)C(COP)OPP. The standard InChI is InChI=1S/C6H16NO5P3/c8-2-1-5(3-7(9)10)6(4-11-13)12-15-14/h5-6,8,15H,1-4,13-14H2. The van der Waals surface area contributed by atoms with Gasteiger partial charge in [-0.3, -0.25) is 10.1 Å². The topological polar surface area (TPSA) is 81.8 Å². The molecule has 0 aromatic rings. The van der Waals surface area contributed by atoms with E-state index in [0.29, 0.717) is 6.42 Å². The molecule has 0 radical (unpaired) electrons. The molecule has 0 saturated carbocycles. The van der Waals surface area contributed by atoms with E-state index < -0.39 is 4.92 Å². The molecule has 9 heteroatoms. The number of nitro groups is 1. The van der Waals surface area contributed by atoms with Gasteiger partial charge in [0, 0.05) is 29.5 Å². The highest BCUT2D eigenvalue weighted by Crippen LogP contribution is 2.28. The molecule has 0 aliphatic rings. The van der Waals surface area contributed by atoms with Crippen LogP contribution in [0.25, 0.3) is 0 Å². The second-order valence-electron chi connectivity index (χ2n) is 2.90. The minimum atomic E-state index is -0.397. The Bertz CT molecular complexity index is 178. The van der Waals surface area contributed by atoms with Crippen LogP contribution < -0.4 is 0 Å². The highest BCUT2D eigenvalue weighted by molar-refractivity contribution is 8.00. The van der Waals surface area contributed by atoms with Crippen LogP contribution in [-0.2, 0) is 9.05 Å². The molecule has 5 atom stereocenters. The van der Waals surface area contributed by atoms with E-state index in [1.807, 2.05) is 0 Å². The maximum absolute atomic E-state index is 10.4. The number of rotatable bonds is 9. The average Bonchev–Trinajstić information content (AvgIpc) is 2.16. The van der Waals surface area contributed by atoms with Crippen LogP contribution in [-0.4, -0.2) is 35.9 Å². The van der Waals surface area contributed by atoms with Gasteiger partial charge in [-0.15, -0.1) is 0 Å². The van der Waals surface area contributed by atoms with E-state index in [2.05, 4.69) is 18.4 Å². The van der Waals surface area contributed by atoms with E-state index in [1.165, 1.54) is 0 Å². The molecule has 1 N–H and O–H groups in total. The molecule has 0 spiro atoms. The number of aliphatic hydroxyl groups is 1. The lowest BCUT2D eigenvalue weighted by atomic mass is 10.00. The van der Waals surface area contributed by atoms with Gasteiger partial charge in [0.15, 0.2) is 0 Å². The van der Waals surface area contributed by atoms with Gasteiger partial charge >= 0.3 is 0 Å². The van der Waals surface area contributed by atoms with Gasteiger partial charge in [-0.25, -0.2) is 0 Å². The van der Waals surface area contributed by atoms with Crippen molar-refractivity contribution in [3.63, 3.8) is 0 Å². The largest absolute Gasteiger partial charge is 0.396 e. The van der Waals surface area contributed by atoms with E-state index in [4.69, 9.17) is 14.2 Å². The predicted molar refractivity (Wildman–Crippen MR) is 65.6 cm³/mol. The Balaban J connectivity index is 4.28. The van der Waals surface area contributed by atoms with Crippen LogP contribution in [0.3, 0.4) is 0 Å². The molecule has 0 bridgehead atoms. The van der Waals surface area contributed by atoms with Crippen LogP contribution in [0, 0.1) is 16.0 Å². The molecule has 0 aliphatic carbocycles. The Hall–Kier alpha value is 0.570. The van der Waals surface area contributed by atoms with Crippen molar-refractivity contribution in [1.82, 2.24) is 0 Å². The molecule has 15 heavy (non-hydrogen) atoms. The van der Waals surface area contributed by atoms with E-state index >= 15 is 0 Å². The maximum Gasteiger partial charge on any atom is 0.209 e.